The summed E-state index contributed by atoms with van der Waals surface area (Å²) < 4.78 is 13.4. The number of carbonyl (C=O) groups is 2. The predicted molar refractivity (Wildman–Crippen MR) is 89.3 cm³/mol. The Hall–Kier alpha value is -3.33. The standard InChI is InChI=1S/C17H16FN3O5/c18-12-7-6-10(9-14(12)21(25)26)8-13(16(19)23)20-17(24)15(22)11-4-2-1-3-5-11/h1-7,9,13,15,22H,8H2,(H2,19,23)(H,20,24)/t13-,15-/m0/s1. The fraction of sp³-hybridized carbons (Fsp3) is 0.176. The first-order valence-corrected chi connectivity index (χ1v) is 7.55. The van der Waals surface area contributed by atoms with Crippen LogP contribution in [0.2, 0.25) is 0 Å². The van der Waals surface area contributed by atoms with Gasteiger partial charge in [0.2, 0.25) is 11.7 Å². The van der Waals surface area contributed by atoms with Gasteiger partial charge in [-0.15, -0.1) is 0 Å². The maximum Gasteiger partial charge on any atom is 0.305 e. The molecule has 0 aliphatic rings. The lowest BCUT2D eigenvalue weighted by molar-refractivity contribution is -0.387. The van der Waals surface area contributed by atoms with E-state index < -0.39 is 40.4 Å². The Morgan fingerprint density at radius 2 is 1.88 bits per heavy atom. The normalized spacial score (nSPS) is 12.8. The van der Waals surface area contributed by atoms with Crippen molar-refractivity contribution in [2.24, 2.45) is 5.73 Å². The van der Waals surface area contributed by atoms with Crippen molar-refractivity contribution < 1.29 is 24.0 Å². The Morgan fingerprint density at radius 1 is 1.23 bits per heavy atom. The summed E-state index contributed by atoms with van der Waals surface area (Å²) in [7, 11) is 0. The molecule has 4 N–H and O–H groups in total. The first-order chi connectivity index (χ1) is 12.3. The lowest BCUT2D eigenvalue weighted by Gasteiger charge is -2.18. The number of amides is 2. The van der Waals surface area contributed by atoms with Gasteiger partial charge in [-0.25, -0.2) is 0 Å². The summed E-state index contributed by atoms with van der Waals surface area (Å²) >= 11 is 0. The van der Waals surface area contributed by atoms with Crippen LogP contribution in [0.25, 0.3) is 0 Å². The lowest BCUT2D eigenvalue weighted by atomic mass is 10.0. The molecule has 0 aromatic heterocycles. The smallest absolute Gasteiger partial charge is 0.305 e. The molecule has 0 radical (unpaired) electrons. The van der Waals surface area contributed by atoms with Crippen molar-refractivity contribution in [3.63, 3.8) is 0 Å². The van der Waals surface area contributed by atoms with Crippen LogP contribution in [-0.4, -0.2) is 27.9 Å². The molecule has 0 fully saturated rings. The van der Waals surface area contributed by atoms with Crippen LogP contribution < -0.4 is 11.1 Å². The minimum atomic E-state index is -1.51. The Balaban J connectivity index is 2.14. The minimum absolute atomic E-state index is 0.191. The molecule has 2 aromatic rings. The van der Waals surface area contributed by atoms with Gasteiger partial charge >= 0.3 is 5.69 Å². The average molecular weight is 361 g/mol. The number of aliphatic hydroxyl groups is 1. The number of nitrogens with two attached hydrogens (primary N) is 1. The van der Waals surface area contributed by atoms with E-state index in [1.807, 2.05) is 0 Å². The zero-order valence-electron chi connectivity index (χ0n) is 13.5. The number of nitro benzene ring substituents is 1. The molecule has 0 unspecified atom stereocenters. The molecule has 9 heteroatoms. The summed E-state index contributed by atoms with van der Waals surface area (Å²) in [6.45, 7) is 0. The van der Waals surface area contributed by atoms with Crippen LogP contribution in [0.4, 0.5) is 10.1 Å². The molecule has 0 saturated heterocycles. The zero-order valence-corrected chi connectivity index (χ0v) is 13.5. The van der Waals surface area contributed by atoms with Gasteiger partial charge in [0, 0.05) is 12.5 Å². The number of halogens is 1. The Bertz CT molecular complexity index is 828. The highest BCUT2D eigenvalue weighted by atomic mass is 19.1. The number of aliphatic hydroxyl groups excluding tert-OH is 1. The number of primary amides is 1. The fourth-order valence-electron chi connectivity index (χ4n) is 2.32. The Labute approximate surface area is 147 Å². The van der Waals surface area contributed by atoms with E-state index in [-0.39, 0.29) is 12.0 Å². The third kappa shape index (κ3) is 4.61. The molecule has 0 spiro atoms. The van der Waals surface area contributed by atoms with Gasteiger partial charge in [-0.05, 0) is 17.2 Å². The summed E-state index contributed by atoms with van der Waals surface area (Å²) in [5.41, 5.74) is 5.06. The highest BCUT2D eigenvalue weighted by Crippen LogP contribution is 2.20. The van der Waals surface area contributed by atoms with Gasteiger partial charge in [0.15, 0.2) is 6.10 Å². The molecule has 0 aliphatic carbocycles. The van der Waals surface area contributed by atoms with Crippen LogP contribution in [0.15, 0.2) is 48.5 Å². The van der Waals surface area contributed by atoms with Crippen molar-refractivity contribution in [3.8, 4) is 0 Å². The average Bonchev–Trinajstić information content (AvgIpc) is 2.62. The van der Waals surface area contributed by atoms with Gasteiger partial charge in [0.1, 0.15) is 6.04 Å². The van der Waals surface area contributed by atoms with E-state index in [4.69, 9.17) is 5.73 Å². The maximum absolute atomic E-state index is 13.4. The molecule has 2 atom stereocenters. The number of rotatable bonds is 7. The lowest BCUT2D eigenvalue weighted by Crippen LogP contribution is -2.47. The van der Waals surface area contributed by atoms with Crippen LogP contribution >= 0.6 is 0 Å². The van der Waals surface area contributed by atoms with E-state index in [0.29, 0.717) is 5.56 Å². The van der Waals surface area contributed by atoms with Crippen LogP contribution in [0.3, 0.4) is 0 Å². The van der Waals surface area contributed by atoms with Gasteiger partial charge in [0.25, 0.3) is 5.91 Å². The van der Waals surface area contributed by atoms with Gasteiger partial charge in [-0.3, -0.25) is 19.7 Å². The largest absolute Gasteiger partial charge is 0.378 e. The number of hydrogen-bond acceptors (Lipinski definition) is 5. The summed E-state index contributed by atoms with van der Waals surface area (Å²) in [6.07, 6.45) is -1.70. The predicted octanol–water partition coefficient (Wildman–Crippen LogP) is 0.980. The monoisotopic (exact) mass is 361 g/mol. The highest BCUT2D eigenvalue weighted by Gasteiger charge is 2.25. The van der Waals surface area contributed by atoms with Crippen molar-refractivity contribution in [1.29, 1.82) is 0 Å². The van der Waals surface area contributed by atoms with Crippen molar-refractivity contribution >= 4 is 17.5 Å². The topological polar surface area (TPSA) is 136 Å². The van der Waals surface area contributed by atoms with E-state index in [2.05, 4.69) is 5.32 Å². The molecule has 0 aliphatic heterocycles. The Kier molecular flexibility index (Phi) is 5.97. The third-order valence-electron chi connectivity index (χ3n) is 3.67. The summed E-state index contributed by atoms with van der Waals surface area (Å²) in [4.78, 5) is 33.6. The van der Waals surface area contributed by atoms with Gasteiger partial charge in [-0.2, -0.15) is 4.39 Å². The van der Waals surface area contributed by atoms with Crippen LogP contribution in [0.1, 0.15) is 17.2 Å². The van der Waals surface area contributed by atoms with E-state index in [1.165, 1.54) is 18.2 Å². The second kappa shape index (κ2) is 8.17. The number of carbonyl (C=O) groups excluding carboxylic acids is 2. The van der Waals surface area contributed by atoms with E-state index in [0.717, 1.165) is 12.1 Å². The van der Waals surface area contributed by atoms with Crippen molar-refractivity contribution in [3.05, 3.63) is 75.6 Å². The van der Waals surface area contributed by atoms with Crippen molar-refractivity contribution in [2.45, 2.75) is 18.6 Å². The van der Waals surface area contributed by atoms with E-state index >= 15 is 0 Å². The fourth-order valence-corrected chi connectivity index (χ4v) is 2.32. The van der Waals surface area contributed by atoms with E-state index in [9.17, 15) is 29.2 Å². The van der Waals surface area contributed by atoms with Gasteiger partial charge in [-0.1, -0.05) is 36.4 Å². The molecule has 26 heavy (non-hydrogen) atoms. The molecule has 0 heterocycles. The van der Waals surface area contributed by atoms with Crippen molar-refractivity contribution in [1.82, 2.24) is 5.32 Å². The van der Waals surface area contributed by atoms with Gasteiger partial charge < -0.3 is 16.2 Å². The molecule has 136 valence electrons. The number of nitro groups is 1. The molecule has 0 saturated carbocycles. The molecule has 8 nitrogen and oxygen atoms in total. The summed E-state index contributed by atoms with van der Waals surface area (Å²) in [6, 6.07) is 9.92. The van der Waals surface area contributed by atoms with Crippen molar-refractivity contribution in [2.75, 3.05) is 0 Å². The first-order valence-electron chi connectivity index (χ1n) is 7.55. The number of nitrogens with one attached hydrogen (secondary N) is 1. The third-order valence-corrected chi connectivity index (χ3v) is 3.67. The molecular formula is C17H16FN3O5. The molecule has 2 amide bonds. The minimum Gasteiger partial charge on any atom is -0.378 e. The number of hydrogen-bond donors (Lipinski definition) is 3. The quantitative estimate of drug-likeness (QED) is 0.499. The number of benzene rings is 2. The Morgan fingerprint density at radius 3 is 2.46 bits per heavy atom. The molecular weight excluding hydrogens is 345 g/mol. The highest BCUT2D eigenvalue weighted by molar-refractivity contribution is 5.89. The van der Waals surface area contributed by atoms with Crippen LogP contribution in [-0.2, 0) is 16.0 Å². The van der Waals surface area contributed by atoms with Gasteiger partial charge in [0.05, 0.1) is 4.92 Å². The second-order valence-corrected chi connectivity index (χ2v) is 5.52. The zero-order chi connectivity index (χ0) is 19.3. The maximum atomic E-state index is 13.4. The van der Waals surface area contributed by atoms with Crippen LogP contribution in [0.5, 0.6) is 0 Å². The van der Waals surface area contributed by atoms with Crippen LogP contribution in [0, 0.1) is 15.9 Å². The first kappa shape index (κ1) is 19.0. The van der Waals surface area contributed by atoms with E-state index in [1.54, 1.807) is 18.2 Å². The molecule has 0 bridgehead atoms. The second-order valence-electron chi connectivity index (χ2n) is 5.52. The molecule has 2 aromatic carbocycles. The SMILES string of the molecule is NC(=O)[C@H](Cc1ccc(F)c([N+](=O)[O-])c1)NC(=O)[C@@H](O)c1ccccc1. The summed E-state index contributed by atoms with van der Waals surface area (Å²) in [5.74, 6) is -2.76. The summed E-state index contributed by atoms with van der Waals surface area (Å²) in [5, 5.41) is 23.1. The number of nitrogens with zero attached hydrogens (tertiary/aromatic N) is 1. The molecule has 2 rings (SSSR count).